The number of carbonyl (C=O) groups excluding carboxylic acids is 1. The van der Waals surface area contributed by atoms with E-state index in [1.807, 2.05) is 5.32 Å². The molecule has 0 spiro atoms. The van der Waals surface area contributed by atoms with Gasteiger partial charge in [0.2, 0.25) is 11.8 Å². The van der Waals surface area contributed by atoms with Gasteiger partial charge in [-0.25, -0.2) is 4.98 Å². The molecule has 0 saturated carbocycles. The molecule has 92 valence electrons. The number of amides is 1. The Morgan fingerprint density at radius 1 is 1.65 bits per heavy atom. The van der Waals surface area contributed by atoms with Gasteiger partial charge in [0, 0.05) is 6.07 Å². The first-order chi connectivity index (χ1) is 7.99. The summed E-state index contributed by atoms with van der Waals surface area (Å²) in [5.41, 5.74) is -0.457. The van der Waals surface area contributed by atoms with Gasteiger partial charge >= 0.3 is 5.92 Å². The Kier molecular flexibility index (Phi) is 4.14. The van der Waals surface area contributed by atoms with Gasteiger partial charge in [-0.3, -0.25) is 4.79 Å². The third kappa shape index (κ3) is 3.51. The van der Waals surface area contributed by atoms with Crippen LogP contribution in [0.3, 0.4) is 0 Å². The van der Waals surface area contributed by atoms with Gasteiger partial charge in [0.25, 0.3) is 0 Å². The molecule has 1 aromatic rings. The SMILES string of the molecule is C=CC(=O)NCC(F)(F)c1cccc(OC)n1. The maximum Gasteiger partial charge on any atom is 0.306 e. The minimum atomic E-state index is -3.26. The van der Waals surface area contributed by atoms with Crippen LogP contribution in [0, 0.1) is 0 Å². The zero-order chi connectivity index (χ0) is 12.9. The van der Waals surface area contributed by atoms with Crippen molar-refractivity contribution >= 4 is 5.91 Å². The summed E-state index contributed by atoms with van der Waals surface area (Å²) in [6.45, 7) is 2.33. The van der Waals surface area contributed by atoms with E-state index in [1.165, 1.54) is 25.3 Å². The predicted octanol–water partition coefficient (Wildman–Crippen LogP) is 1.48. The van der Waals surface area contributed by atoms with Gasteiger partial charge in [0.15, 0.2) is 0 Å². The fraction of sp³-hybridized carbons (Fsp3) is 0.273. The number of hydrogen-bond donors (Lipinski definition) is 1. The number of nitrogens with one attached hydrogen (secondary N) is 1. The number of halogens is 2. The van der Waals surface area contributed by atoms with Gasteiger partial charge in [0.05, 0.1) is 13.7 Å². The highest BCUT2D eigenvalue weighted by Crippen LogP contribution is 2.26. The molecule has 4 nitrogen and oxygen atoms in total. The number of carbonyl (C=O) groups is 1. The van der Waals surface area contributed by atoms with Gasteiger partial charge in [-0.05, 0) is 12.1 Å². The minimum absolute atomic E-state index is 0.0947. The monoisotopic (exact) mass is 242 g/mol. The Bertz CT molecular complexity index is 422. The molecule has 0 aliphatic carbocycles. The lowest BCUT2D eigenvalue weighted by Crippen LogP contribution is -2.34. The van der Waals surface area contributed by atoms with E-state index in [9.17, 15) is 13.6 Å². The number of rotatable bonds is 5. The van der Waals surface area contributed by atoms with Crippen LogP contribution in [-0.4, -0.2) is 24.5 Å². The lowest BCUT2D eigenvalue weighted by molar-refractivity contribution is -0.118. The molecule has 6 heteroatoms. The molecule has 1 N–H and O–H groups in total. The summed E-state index contributed by atoms with van der Waals surface area (Å²) in [6, 6.07) is 4.04. The van der Waals surface area contributed by atoms with E-state index in [0.29, 0.717) is 0 Å². The van der Waals surface area contributed by atoms with Crippen molar-refractivity contribution in [3.63, 3.8) is 0 Å². The Hall–Kier alpha value is -1.98. The first-order valence-corrected chi connectivity index (χ1v) is 4.79. The number of methoxy groups -OCH3 is 1. The molecule has 0 atom stereocenters. The number of ether oxygens (including phenoxy) is 1. The van der Waals surface area contributed by atoms with Crippen molar-refractivity contribution in [2.24, 2.45) is 0 Å². The van der Waals surface area contributed by atoms with E-state index in [4.69, 9.17) is 4.74 Å². The lowest BCUT2D eigenvalue weighted by Gasteiger charge is -2.16. The normalized spacial score (nSPS) is 10.8. The lowest BCUT2D eigenvalue weighted by atomic mass is 10.2. The average Bonchev–Trinajstić information content (AvgIpc) is 2.36. The van der Waals surface area contributed by atoms with Crippen LogP contribution >= 0.6 is 0 Å². The Balaban J connectivity index is 2.80. The number of alkyl halides is 2. The van der Waals surface area contributed by atoms with E-state index in [0.717, 1.165) is 6.08 Å². The van der Waals surface area contributed by atoms with Crippen LogP contribution in [0.25, 0.3) is 0 Å². The van der Waals surface area contributed by atoms with E-state index < -0.39 is 24.1 Å². The van der Waals surface area contributed by atoms with Crippen LogP contribution in [0.15, 0.2) is 30.9 Å². The molecule has 0 saturated heterocycles. The third-order valence-electron chi connectivity index (χ3n) is 1.98. The van der Waals surface area contributed by atoms with Crippen LogP contribution in [0.4, 0.5) is 8.78 Å². The molecule has 0 fully saturated rings. The van der Waals surface area contributed by atoms with Gasteiger partial charge in [-0.1, -0.05) is 12.6 Å². The molecule has 0 unspecified atom stereocenters. The van der Waals surface area contributed by atoms with Crippen LogP contribution in [0.2, 0.25) is 0 Å². The van der Waals surface area contributed by atoms with Crippen LogP contribution in [-0.2, 0) is 10.7 Å². The quantitative estimate of drug-likeness (QED) is 0.796. The molecule has 0 aromatic carbocycles. The number of pyridine rings is 1. The van der Waals surface area contributed by atoms with Crippen LogP contribution in [0.5, 0.6) is 5.88 Å². The van der Waals surface area contributed by atoms with E-state index in [2.05, 4.69) is 11.6 Å². The highest BCUT2D eigenvalue weighted by Gasteiger charge is 2.33. The minimum Gasteiger partial charge on any atom is -0.481 e. The van der Waals surface area contributed by atoms with Crippen molar-refractivity contribution in [3.8, 4) is 5.88 Å². The zero-order valence-electron chi connectivity index (χ0n) is 9.24. The van der Waals surface area contributed by atoms with Crippen molar-refractivity contribution < 1.29 is 18.3 Å². The maximum absolute atomic E-state index is 13.6. The molecule has 1 rings (SSSR count). The molecule has 0 aliphatic heterocycles. The second kappa shape index (κ2) is 5.38. The summed E-state index contributed by atoms with van der Waals surface area (Å²) in [5.74, 6) is -3.82. The molecule has 0 bridgehead atoms. The molecular weight excluding hydrogens is 230 g/mol. The molecule has 0 radical (unpaired) electrons. The fourth-order valence-corrected chi connectivity index (χ4v) is 1.09. The second-order valence-corrected chi connectivity index (χ2v) is 3.19. The summed E-state index contributed by atoms with van der Waals surface area (Å²) in [5, 5.41) is 2.02. The summed E-state index contributed by atoms with van der Waals surface area (Å²) >= 11 is 0. The van der Waals surface area contributed by atoms with E-state index in [-0.39, 0.29) is 5.88 Å². The summed E-state index contributed by atoms with van der Waals surface area (Å²) < 4.78 is 32.0. The largest absolute Gasteiger partial charge is 0.481 e. The van der Waals surface area contributed by atoms with Crippen molar-refractivity contribution in [2.45, 2.75) is 5.92 Å². The fourth-order valence-electron chi connectivity index (χ4n) is 1.09. The van der Waals surface area contributed by atoms with Crippen LogP contribution < -0.4 is 10.1 Å². The van der Waals surface area contributed by atoms with Gasteiger partial charge in [-0.2, -0.15) is 8.78 Å². The van der Waals surface area contributed by atoms with Gasteiger partial charge < -0.3 is 10.1 Å². The average molecular weight is 242 g/mol. The number of nitrogens with zero attached hydrogens (tertiary/aromatic N) is 1. The zero-order valence-corrected chi connectivity index (χ0v) is 9.24. The molecule has 0 aliphatic rings. The highest BCUT2D eigenvalue weighted by molar-refractivity contribution is 5.86. The first kappa shape index (κ1) is 13.1. The molecular formula is C11H12F2N2O2. The third-order valence-corrected chi connectivity index (χ3v) is 1.98. The molecule has 1 heterocycles. The number of aromatic nitrogens is 1. The van der Waals surface area contributed by atoms with Crippen LogP contribution in [0.1, 0.15) is 5.69 Å². The van der Waals surface area contributed by atoms with Crippen molar-refractivity contribution in [1.82, 2.24) is 10.3 Å². The molecule has 1 amide bonds. The van der Waals surface area contributed by atoms with Crippen molar-refractivity contribution in [2.75, 3.05) is 13.7 Å². The number of hydrogen-bond acceptors (Lipinski definition) is 3. The Morgan fingerprint density at radius 3 is 2.94 bits per heavy atom. The van der Waals surface area contributed by atoms with Crippen molar-refractivity contribution in [1.29, 1.82) is 0 Å². The maximum atomic E-state index is 13.6. The summed E-state index contributed by atoms with van der Waals surface area (Å²) in [7, 11) is 1.34. The van der Waals surface area contributed by atoms with Gasteiger partial charge in [0.1, 0.15) is 5.69 Å². The first-order valence-electron chi connectivity index (χ1n) is 4.79. The highest BCUT2D eigenvalue weighted by atomic mass is 19.3. The van der Waals surface area contributed by atoms with Crippen molar-refractivity contribution in [3.05, 3.63) is 36.5 Å². The summed E-state index contributed by atoms with van der Waals surface area (Å²) in [6.07, 6.45) is 0.926. The standard InChI is InChI=1S/C11H12F2N2O2/c1-3-9(16)14-7-11(12,13)8-5-4-6-10(15-8)17-2/h3-6H,1,7H2,2H3,(H,14,16). The van der Waals surface area contributed by atoms with Gasteiger partial charge in [-0.15, -0.1) is 0 Å². The topological polar surface area (TPSA) is 51.2 Å². The Morgan fingerprint density at radius 2 is 2.35 bits per heavy atom. The van der Waals surface area contributed by atoms with E-state index in [1.54, 1.807) is 0 Å². The Labute approximate surface area is 97.3 Å². The molecule has 1 aromatic heterocycles. The van der Waals surface area contributed by atoms with E-state index >= 15 is 0 Å². The predicted molar refractivity (Wildman–Crippen MR) is 57.9 cm³/mol. The summed E-state index contributed by atoms with van der Waals surface area (Å²) in [4.78, 5) is 14.4. The second-order valence-electron chi connectivity index (χ2n) is 3.19. The smallest absolute Gasteiger partial charge is 0.306 e. The molecule has 17 heavy (non-hydrogen) atoms.